The zero-order valence-corrected chi connectivity index (χ0v) is 20.7. The molecule has 4 atom stereocenters. The molecule has 4 nitrogen and oxygen atoms in total. The number of anilines is 1. The highest BCUT2D eigenvalue weighted by molar-refractivity contribution is 5.97. The first-order valence-electron chi connectivity index (χ1n) is 12.7. The monoisotopic (exact) mass is 455 g/mol. The molecule has 1 heterocycles. The number of aromatic nitrogens is 1. The fraction of sp³-hybridized carbons (Fsp3) is 0.400. The third kappa shape index (κ3) is 5.56. The summed E-state index contributed by atoms with van der Waals surface area (Å²) >= 11 is 0. The van der Waals surface area contributed by atoms with Crippen LogP contribution in [0.25, 0.3) is 11.1 Å². The van der Waals surface area contributed by atoms with Crippen molar-refractivity contribution in [2.75, 3.05) is 11.4 Å². The third-order valence-corrected chi connectivity index (χ3v) is 7.21. The Morgan fingerprint density at radius 3 is 2.29 bits per heavy atom. The van der Waals surface area contributed by atoms with Crippen molar-refractivity contribution >= 4 is 11.6 Å². The fourth-order valence-electron chi connectivity index (χ4n) is 4.59. The lowest BCUT2D eigenvalue weighted by Gasteiger charge is -2.29. The Bertz CT molecular complexity index is 1060. The molecule has 1 aromatic heterocycles. The Morgan fingerprint density at radius 1 is 1.03 bits per heavy atom. The minimum Gasteiger partial charge on any atom is -0.326 e. The van der Waals surface area contributed by atoms with Crippen LogP contribution in [0.15, 0.2) is 72.9 Å². The van der Waals surface area contributed by atoms with E-state index in [0.717, 1.165) is 42.6 Å². The highest BCUT2D eigenvalue weighted by atomic mass is 16.2. The largest absolute Gasteiger partial charge is 0.326 e. The van der Waals surface area contributed by atoms with E-state index in [9.17, 15) is 4.79 Å². The van der Waals surface area contributed by atoms with Gasteiger partial charge in [0.1, 0.15) is 0 Å². The van der Waals surface area contributed by atoms with Gasteiger partial charge in [0, 0.05) is 42.0 Å². The molecule has 0 aliphatic heterocycles. The van der Waals surface area contributed by atoms with Gasteiger partial charge in [0.05, 0.1) is 0 Å². The summed E-state index contributed by atoms with van der Waals surface area (Å²) in [5.74, 6) is 0.690. The number of rotatable bonds is 10. The molecular formula is C30H37N3O. The van der Waals surface area contributed by atoms with Gasteiger partial charge < -0.3 is 10.6 Å². The maximum atomic E-state index is 13.6. The Labute approximate surface area is 204 Å². The molecule has 0 saturated heterocycles. The molecule has 1 aliphatic rings. The van der Waals surface area contributed by atoms with E-state index >= 15 is 0 Å². The third-order valence-electron chi connectivity index (χ3n) is 7.21. The number of hydrogen-bond donors (Lipinski definition) is 1. The first-order valence-corrected chi connectivity index (χ1v) is 12.7. The normalized spacial score (nSPS) is 18.8. The Hall–Kier alpha value is -2.98. The summed E-state index contributed by atoms with van der Waals surface area (Å²) in [7, 11) is 0. The standard InChI is InChI=1S/C30H37N3O/c1-4-8-22-10-12-23(13-11-22)24-14-16-25(17-15-24)33(20-28(31)21(3)5-2)30(34)27-19-26(27)29-9-6-7-18-32-29/h6-7,9-18,21,26-28H,4-5,8,19-20,31H2,1-3H3/t21-,26?,27+,28?/m0/s1. The van der Waals surface area contributed by atoms with Gasteiger partial charge in [-0.25, -0.2) is 0 Å². The SMILES string of the molecule is CCCc1ccc(-c2ccc(N(CC(N)[C@@H](C)CC)C(=O)[C@@H]3CC3c3ccccn3)cc2)cc1. The lowest BCUT2D eigenvalue weighted by Crippen LogP contribution is -2.45. The quantitative estimate of drug-likeness (QED) is 0.395. The average Bonchev–Trinajstić information content (AvgIpc) is 3.69. The Morgan fingerprint density at radius 2 is 1.71 bits per heavy atom. The summed E-state index contributed by atoms with van der Waals surface area (Å²) < 4.78 is 0. The van der Waals surface area contributed by atoms with Crippen LogP contribution in [-0.2, 0) is 11.2 Å². The minimum absolute atomic E-state index is 0.0233. The van der Waals surface area contributed by atoms with Crippen molar-refractivity contribution in [3.05, 3.63) is 84.2 Å². The van der Waals surface area contributed by atoms with E-state index in [-0.39, 0.29) is 23.8 Å². The summed E-state index contributed by atoms with van der Waals surface area (Å²) in [6.07, 6.45) is 5.91. The van der Waals surface area contributed by atoms with Gasteiger partial charge in [0.25, 0.3) is 0 Å². The van der Waals surface area contributed by atoms with Gasteiger partial charge in [-0.3, -0.25) is 9.78 Å². The second-order valence-corrected chi connectivity index (χ2v) is 9.70. The van der Waals surface area contributed by atoms with E-state index < -0.39 is 0 Å². The highest BCUT2D eigenvalue weighted by Gasteiger charge is 2.47. The van der Waals surface area contributed by atoms with Crippen LogP contribution in [0.2, 0.25) is 0 Å². The zero-order valence-electron chi connectivity index (χ0n) is 20.7. The molecule has 1 saturated carbocycles. The molecule has 0 radical (unpaired) electrons. The smallest absolute Gasteiger partial charge is 0.230 e. The molecule has 1 amide bonds. The highest BCUT2D eigenvalue weighted by Crippen LogP contribution is 2.48. The topological polar surface area (TPSA) is 59.2 Å². The van der Waals surface area contributed by atoms with Gasteiger partial charge in [-0.2, -0.15) is 0 Å². The summed E-state index contributed by atoms with van der Waals surface area (Å²) in [6.45, 7) is 7.04. The van der Waals surface area contributed by atoms with Gasteiger partial charge >= 0.3 is 0 Å². The molecule has 4 heteroatoms. The number of aryl methyl sites for hydroxylation is 1. The van der Waals surface area contributed by atoms with Crippen molar-refractivity contribution in [2.45, 2.75) is 58.4 Å². The molecular weight excluding hydrogens is 418 g/mol. The molecule has 0 bridgehead atoms. The maximum Gasteiger partial charge on any atom is 0.230 e. The summed E-state index contributed by atoms with van der Waals surface area (Å²) in [5.41, 5.74) is 12.2. The maximum absolute atomic E-state index is 13.6. The molecule has 1 aliphatic carbocycles. The van der Waals surface area contributed by atoms with Gasteiger partial charge in [-0.05, 0) is 59.7 Å². The average molecular weight is 456 g/mol. The van der Waals surface area contributed by atoms with E-state index in [1.807, 2.05) is 23.1 Å². The van der Waals surface area contributed by atoms with Crippen LogP contribution in [0.3, 0.4) is 0 Å². The van der Waals surface area contributed by atoms with Gasteiger partial charge in [0.2, 0.25) is 5.91 Å². The Balaban J connectivity index is 1.54. The number of nitrogens with two attached hydrogens (primary N) is 1. The van der Waals surface area contributed by atoms with Crippen molar-refractivity contribution in [1.82, 2.24) is 4.98 Å². The van der Waals surface area contributed by atoms with Gasteiger partial charge in [-0.15, -0.1) is 0 Å². The second kappa shape index (κ2) is 11.0. The van der Waals surface area contributed by atoms with Crippen LogP contribution in [0, 0.1) is 11.8 Å². The predicted molar refractivity (Wildman–Crippen MR) is 141 cm³/mol. The molecule has 0 spiro atoms. The van der Waals surface area contributed by atoms with Crippen molar-refractivity contribution in [3.63, 3.8) is 0 Å². The van der Waals surface area contributed by atoms with E-state index in [1.165, 1.54) is 11.1 Å². The van der Waals surface area contributed by atoms with Crippen LogP contribution >= 0.6 is 0 Å². The molecule has 3 aromatic rings. The van der Waals surface area contributed by atoms with E-state index in [1.54, 1.807) is 6.20 Å². The van der Waals surface area contributed by atoms with Crippen molar-refractivity contribution in [2.24, 2.45) is 17.6 Å². The summed E-state index contributed by atoms with van der Waals surface area (Å²) in [4.78, 5) is 20.0. The Kier molecular flexibility index (Phi) is 7.79. The molecule has 2 unspecified atom stereocenters. The predicted octanol–water partition coefficient (Wildman–Crippen LogP) is 6.21. The molecule has 4 rings (SSSR count). The number of pyridine rings is 1. The van der Waals surface area contributed by atoms with Gasteiger partial charge in [-0.1, -0.05) is 76.1 Å². The first kappa shape index (κ1) is 24.2. The first-order chi connectivity index (χ1) is 16.5. The fourth-order valence-corrected chi connectivity index (χ4v) is 4.59. The summed E-state index contributed by atoms with van der Waals surface area (Å²) in [6, 6.07) is 23.0. The lowest BCUT2D eigenvalue weighted by atomic mass is 9.98. The lowest BCUT2D eigenvalue weighted by molar-refractivity contribution is -0.120. The van der Waals surface area contributed by atoms with Crippen LogP contribution in [-0.4, -0.2) is 23.5 Å². The number of nitrogens with zero attached hydrogens (tertiary/aromatic N) is 2. The molecule has 178 valence electrons. The van der Waals surface area contributed by atoms with Crippen molar-refractivity contribution in [3.8, 4) is 11.1 Å². The number of hydrogen-bond acceptors (Lipinski definition) is 3. The van der Waals surface area contributed by atoms with Crippen LogP contribution in [0.1, 0.15) is 57.2 Å². The summed E-state index contributed by atoms with van der Waals surface area (Å²) in [5, 5.41) is 0. The number of carbonyl (C=O) groups excluding carboxylic acids is 1. The van der Waals surface area contributed by atoms with Crippen LogP contribution in [0.4, 0.5) is 5.69 Å². The van der Waals surface area contributed by atoms with E-state index in [0.29, 0.717) is 12.5 Å². The number of benzene rings is 2. The van der Waals surface area contributed by atoms with Crippen molar-refractivity contribution < 1.29 is 4.79 Å². The van der Waals surface area contributed by atoms with E-state index in [2.05, 4.69) is 74.3 Å². The molecule has 1 fully saturated rings. The van der Waals surface area contributed by atoms with Crippen LogP contribution < -0.4 is 10.6 Å². The van der Waals surface area contributed by atoms with Gasteiger partial charge in [0.15, 0.2) is 0 Å². The molecule has 2 N–H and O–H groups in total. The number of carbonyl (C=O) groups is 1. The molecule has 2 aromatic carbocycles. The van der Waals surface area contributed by atoms with Crippen LogP contribution in [0.5, 0.6) is 0 Å². The number of amides is 1. The second-order valence-electron chi connectivity index (χ2n) is 9.70. The zero-order chi connectivity index (χ0) is 24.1. The molecule has 34 heavy (non-hydrogen) atoms. The minimum atomic E-state index is -0.0632. The van der Waals surface area contributed by atoms with E-state index in [4.69, 9.17) is 5.73 Å². The van der Waals surface area contributed by atoms with Crippen molar-refractivity contribution in [1.29, 1.82) is 0 Å².